The van der Waals surface area contributed by atoms with Gasteiger partial charge in [-0.15, -0.1) is 23.2 Å². The molecule has 2 aromatic carbocycles. The second-order valence-corrected chi connectivity index (χ2v) is 10.0. The average Bonchev–Trinajstić information content (AvgIpc) is 2.83. The minimum Gasteiger partial charge on any atom is -0.321 e. The van der Waals surface area contributed by atoms with Crippen LogP contribution in [0.4, 0.5) is 0 Å². The number of benzene rings is 2. The van der Waals surface area contributed by atoms with Crippen molar-refractivity contribution in [3.05, 3.63) is 71.8 Å². The fourth-order valence-corrected chi connectivity index (χ4v) is 5.24. The monoisotopic (exact) mass is 504 g/mol. The predicted molar refractivity (Wildman–Crippen MR) is 138 cm³/mol. The number of carbonyl (C=O) groups is 3. The molecular weight excluding hydrogens is 471 g/mol. The molecule has 4 N–H and O–H groups in total. The summed E-state index contributed by atoms with van der Waals surface area (Å²) < 4.78 is 0. The molecule has 7 heteroatoms. The fourth-order valence-electron chi connectivity index (χ4n) is 4.21. The zero-order valence-electron chi connectivity index (χ0n) is 19.8. The van der Waals surface area contributed by atoms with E-state index >= 15 is 0 Å². The first-order chi connectivity index (χ1) is 16.1. The van der Waals surface area contributed by atoms with Crippen molar-refractivity contribution in [3.63, 3.8) is 0 Å². The smallest absolute Gasteiger partial charge is 0.189 e. The van der Waals surface area contributed by atoms with E-state index in [2.05, 4.69) is 0 Å². The van der Waals surface area contributed by atoms with Crippen molar-refractivity contribution in [2.75, 3.05) is 0 Å². The van der Waals surface area contributed by atoms with Crippen molar-refractivity contribution in [2.24, 2.45) is 11.5 Å². The van der Waals surface area contributed by atoms with Gasteiger partial charge in [0.05, 0.1) is 12.1 Å². The maximum Gasteiger partial charge on any atom is 0.189 e. The Kier molecular flexibility index (Phi) is 10.4. The highest BCUT2D eigenvalue weighted by Crippen LogP contribution is 2.37. The molecule has 0 spiro atoms. The molecule has 2 aromatic rings. The Balaban J connectivity index is 2.35. The molecule has 0 bridgehead atoms. The van der Waals surface area contributed by atoms with E-state index in [0.29, 0.717) is 12.8 Å². The van der Waals surface area contributed by atoms with E-state index in [1.54, 1.807) is 13.8 Å². The quantitative estimate of drug-likeness (QED) is 0.293. The Hall–Kier alpha value is -2.05. The third-order valence-corrected chi connectivity index (χ3v) is 7.05. The number of alkyl halides is 2. The van der Waals surface area contributed by atoms with Crippen LogP contribution in [-0.2, 0) is 27.2 Å². The van der Waals surface area contributed by atoms with Gasteiger partial charge in [-0.1, -0.05) is 87.4 Å². The summed E-state index contributed by atoms with van der Waals surface area (Å²) in [6, 6.07) is 16.4. The van der Waals surface area contributed by atoms with Gasteiger partial charge < -0.3 is 11.5 Å². The van der Waals surface area contributed by atoms with Crippen LogP contribution < -0.4 is 11.5 Å². The molecular formula is C27H34Cl2N2O3. The molecule has 0 aliphatic rings. The first-order valence-electron chi connectivity index (χ1n) is 11.7. The van der Waals surface area contributed by atoms with Gasteiger partial charge in [0.2, 0.25) is 0 Å². The van der Waals surface area contributed by atoms with Gasteiger partial charge in [0, 0.05) is 0 Å². The van der Waals surface area contributed by atoms with Crippen molar-refractivity contribution in [1.82, 2.24) is 0 Å². The Bertz CT molecular complexity index is 893. The lowest BCUT2D eigenvalue weighted by Crippen LogP contribution is -2.61. The molecule has 184 valence electrons. The number of ketones is 3. The number of nitrogens with two attached hydrogens (primary N) is 2. The van der Waals surface area contributed by atoms with Crippen molar-refractivity contribution in [3.8, 4) is 0 Å². The van der Waals surface area contributed by atoms with Crippen LogP contribution in [0.25, 0.3) is 0 Å². The topological polar surface area (TPSA) is 103 Å². The molecule has 0 amide bonds. The summed E-state index contributed by atoms with van der Waals surface area (Å²) in [6.45, 7) is 3.61. The van der Waals surface area contributed by atoms with E-state index in [4.69, 9.17) is 34.7 Å². The summed E-state index contributed by atoms with van der Waals surface area (Å²) in [5.74, 6) is -2.08. The van der Waals surface area contributed by atoms with Gasteiger partial charge in [0.1, 0.15) is 0 Å². The lowest BCUT2D eigenvalue weighted by Gasteiger charge is -2.35. The summed E-state index contributed by atoms with van der Waals surface area (Å²) in [6.07, 6.45) is 1.35. The molecule has 0 aromatic heterocycles. The molecule has 0 saturated heterocycles. The van der Waals surface area contributed by atoms with E-state index in [1.807, 2.05) is 60.7 Å². The summed E-state index contributed by atoms with van der Waals surface area (Å²) in [5.41, 5.74) is 14.1. The number of hydrogen-bond donors (Lipinski definition) is 2. The Morgan fingerprint density at radius 2 is 1.03 bits per heavy atom. The molecule has 0 heterocycles. The normalized spacial score (nSPS) is 16.6. The highest BCUT2D eigenvalue weighted by Gasteiger charge is 2.57. The van der Waals surface area contributed by atoms with E-state index in [1.165, 1.54) is 0 Å². The van der Waals surface area contributed by atoms with Crippen LogP contribution in [0.2, 0.25) is 0 Å². The SMILES string of the molecule is CCCC(Cl)(C(=O)[C@H](N)Cc1ccccc1)C(=O)C(Cl)(CCC)C(=O)[C@H](N)Cc1ccccc1. The maximum atomic E-state index is 13.8. The van der Waals surface area contributed by atoms with E-state index < -0.39 is 39.2 Å². The van der Waals surface area contributed by atoms with Crippen molar-refractivity contribution in [2.45, 2.75) is 74.2 Å². The van der Waals surface area contributed by atoms with E-state index in [0.717, 1.165) is 11.1 Å². The number of rotatable bonds is 14. The van der Waals surface area contributed by atoms with Gasteiger partial charge in [-0.05, 0) is 36.8 Å². The zero-order chi connectivity index (χ0) is 25.4. The molecule has 0 fully saturated rings. The number of hydrogen-bond acceptors (Lipinski definition) is 5. The standard InChI is InChI=1S/C27H34Cl2N2O3/c1-3-15-26(28,23(32)21(30)17-19-11-7-5-8-12-19)25(34)27(29,16-4-2)24(33)22(31)18-20-13-9-6-10-14-20/h5-14,21-22H,3-4,15-18,30-31H2,1-2H3/t21-,22-,26?,27?/m1/s1. The fraction of sp³-hybridized carbons (Fsp3) is 0.444. The Labute approximate surface area is 212 Å². The third-order valence-electron chi connectivity index (χ3n) is 5.96. The molecule has 0 aliphatic carbocycles. The van der Waals surface area contributed by atoms with Gasteiger partial charge in [-0.2, -0.15) is 0 Å². The van der Waals surface area contributed by atoms with Crippen LogP contribution in [0.3, 0.4) is 0 Å². The van der Waals surface area contributed by atoms with Crippen LogP contribution in [0.1, 0.15) is 50.7 Å². The van der Waals surface area contributed by atoms with E-state index in [-0.39, 0.29) is 25.7 Å². The first-order valence-corrected chi connectivity index (χ1v) is 12.5. The van der Waals surface area contributed by atoms with Crippen LogP contribution in [0.5, 0.6) is 0 Å². The lowest BCUT2D eigenvalue weighted by molar-refractivity contribution is -0.137. The molecule has 0 aliphatic heterocycles. The van der Waals surface area contributed by atoms with E-state index in [9.17, 15) is 14.4 Å². The molecule has 2 rings (SSSR count). The van der Waals surface area contributed by atoms with Crippen LogP contribution >= 0.6 is 23.2 Å². The number of Topliss-reactive ketones (excluding diaryl/α,β-unsaturated/α-hetero) is 3. The average molecular weight is 505 g/mol. The molecule has 0 radical (unpaired) electrons. The Morgan fingerprint density at radius 3 is 1.32 bits per heavy atom. The van der Waals surface area contributed by atoms with Crippen molar-refractivity contribution >= 4 is 40.6 Å². The van der Waals surface area contributed by atoms with Crippen LogP contribution in [-0.4, -0.2) is 39.2 Å². The van der Waals surface area contributed by atoms with Crippen molar-refractivity contribution in [1.29, 1.82) is 0 Å². The summed E-state index contributed by atoms with van der Waals surface area (Å²) in [4.78, 5) is 36.7. The highest BCUT2D eigenvalue weighted by molar-refractivity contribution is 6.58. The first kappa shape index (κ1) is 28.2. The van der Waals surface area contributed by atoms with Gasteiger partial charge in [0.25, 0.3) is 0 Å². The minimum absolute atomic E-state index is 0.0219. The number of carbonyl (C=O) groups excluding carboxylic acids is 3. The van der Waals surface area contributed by atoms with Crippen LogP contribution in [0, 0.1) is 0 Å². The van der Waals surface area contributed by atoms with Gasteiger partial charge in [0.15, 0.2) is 27.1 Å². The molecule has 5 nitrogen and oxygen atoms in total. The molecule has 2 unspecified atom stereocenters. The van der Waals surface area contributed by atoms with Gasteiger partial charge >= 0.3 is 0 Å². The predicted octanol–water partition coefficient (Wildman–Crippen LogP) is 4.39. The summed E-state index contributed by atoms with van der Waals surface area (Å²) in [7, 11) is 0. The van der Waals surface area contributed by atoms with Crippen molar-refractivity contribution < 1.29 is 14.4 Å². The molecule has 34 heavy (non-hydrogen) atoms. The highest BCUT2D eigenvalue weighted by atomic mass is 35.5. The zero-order valence-corrected chi connectivity index (χ0v) is 21.3. The largest absolute Gasteiger partial charge is 0.321 e. The molecule has 0 saturated carbocycles. The number of halogens is 2. The second kappa shape index (κ2) is 12.6. The molecule has 4 atom stereocenters. The third kappa shape index (κ3) is 6.54. The summed E-state index contributed by atoms with van der Waals surface area (Å²) in [5, 5.41) is 0. The van der Waals surface area contributed by atoms with Gasteiger partial charge in [-0.3, -0.25) is 14.4 Å². The maximum absolute atomic E-state index is 13.8. The lowest BCUT2D eigenvalue weighted by atomic mass is 9.77. The van der Waals surface area contributed by atoms with Crippen LogP contribution in [0.15, 0.2) is 60.7 Å². The second-order valence-electron chi connectivity index (χ2n) is 8.75. The Morgan fingerprint density at radius 1 is 0.706 bits per heavy atom. The minimum atomic E-state index is -2.01. The summed E-state index contributed by atoms with van der Waals surface area (Å²) >= 11 is 13.5. The van der Waals surface area contributed by atoms with Gasteiger partial charge in [-0.25, -0.2) is 0 Å².